The van der Waals surface area contributed by atoms with E-state index in [1.807, 2.05) is 0 Å². The summed E-state index contributed by atoms with van der Waals surface area (Å²) >= 11 is 5.81. The molecule has 0 unspecified atom stereocenters. The number of rotatable bonds is 3. The minimum Gasteiger partial charge on any atom is -0.314 e. The highest BCUT2D eigenvalue weighted by Gasteiger charge is 2.22. The van der Waals surface area contributed by atoms with Crippen molar-refractivity contribution in [2.24, 2.45) is 0 Å². The summed E-state index contributed by atoms with van der Waals surface area (Å²) in [5.74, 6) is -0.336. The van der Waals surface area contributed by atoms with Gasteiger partial charge in [-0.05, 0) is 6.07 Å². The Kier molecular flexibility index (Phi) is 6.09. The van der Waals surface area contributed by atoms with Crippen molar-refractivity contribution in [3.8, 4) is 0 Å². The summed E-state index contributed by atoms with van der Waals surface area (Å²) in [6.07, 6.45) is 1.78. The third kappa shape index (κ3) is 3.23. The Bertz CT molecular complexity index is 406. The summed E-state index contributed by atoms with van der Waals surface area (Å²) in [5, 5.41) is 3.45. The largest absolute Gasteiger partial charge is 0.314 e. The lowest BCUT2D eigenvalue weighted by Crippen LogP contribution is -2.44. The van der Waals surface area contributed by atoms with Crippen molar-refractivity contribution in [2.45, 2.75) is 6.04 Å². The van der Waals surface area contributed by atoms with Gasteiger partial charge in [-0.15, -0.1) is 19.0 Å². The molecule has 0 spiro atoms. The molecule has 0 radical (unpaired) electrons. The van der Waals surface area contributed by atoms with Gasteiger partial charge in [0.05, 0.1) is 11.1 Å². The number of hydrogen-bond donors (Lipinski definition) is 1. The third-order valence-corrected chi connectivity index (χ3v) is 3.36. The van der Waals surface area contributed by atoms with Gasteiger partial charge in [0, 0.05) is 31.7 Å². The van der Waals surface area contributed by atoms with E-state index in [2.05, 4.69) is 16.8 Å². The van der Waals surface area contributed by atoms with Crippen LogP contribution < -0.4 is 5.32 Å². The van der Waals surface area contributed by atoms with Gasteiger partial charge < -0.3 is 5.32 Å². The van der Waals surface area contributed by atoms with Crippen molar-refractivity contribution < 1.29 is 4.39 Å². The number of benzene rings is 1. The summed E-state index contributed by atoms with van der Waals surface area (Å²) in [6.45, 7) is 7.44. The lowest BCUT2D eigenvalue weighted by atomic mass is 10.0. The Morgan fingerprint density at radius 3 is 2.67 bits per heavy atom. The molecule has 0 bridgehead atoms. The van der Waals surface area contributed by atoms with Gasteiger partial charge in [-0.25, -0.2) is 4.39 Å². The minimum absolute atomic E-state index is 0. The summed E-state index contributed by atoms with van der Waals surface area (Å²) < 4.78 is 14.0. The lowest BCUT2D eigenvalue weighted by Gasteiger charge is -2.33. The zero-order valence-corrected chi connectivity index (χ0v) is 11.6. The fraction of sp³-hybridized carbons (Fsp3) is 0.385. The van der Waals surface area contributed by atoms with Crippen molar-refractivity contribution >= 4 is 24.0 Å². The summed E-state index contributed by atoms with van der Waals surface area (Å²) in [6, 6.07) is 5.02. The topological polar surface area (TPSA) is 15.3 Å². The van der Waals surface area contributed by atoms with E-state index in [0.717, 1.165) is 26.2 Å². The second kappa shape index (κ2) is 7.10. The van der Waals surface area contributed by atoms with Crippen molar-refractivity contribution in [3.63, 3.8) is 0 Å². The van der Waals surface area contributed by atoms with Gasteiger partial charge in [-0.1, -0.05) is 29.8 Å². The van der Waals surface area contributed by atoms with Gasteiger partial charge in [0.1, 0.15) is 5.82 Å². The summed E-state index contributed by atoms with van der Waals surface area (Å²) in [7, 11) is 0. The van der Waals surface area contributed by atoms with E-state index in [1.165, 1.54) is 0 Å². The average Bonchev–Trinajstić information content (AvgIpc) is 2.37. The van der Waals surface area contributed by atoms with Crippen LogP contribution in [-0.4, -0.2) is 31.1 Å². The molecule has 5 heteroatoms. The molecule has 1 fully saturated rings. The van der Waals surface area contributed by atoms with Crippen molar-refractivity contribution in [1.82, 2.24) is 10.2 Å². The number of nitrogens with zero attached hydrogens (tertiary/aromatic N) is 1. The quantitative estimate of drug-likeness (QED) is 0.861. The SMILES string of the molecule is C=C[C@H](c1cccc(Cl)c1F)N1CCNCC1.Cl. The highest BCUT2D eigenvalue weighted by molar-refractivity contribution is 6.30. The summed E-state index contributed by atoms with van der Waals surface area (Å²) in [5.41, 5.74) is 0.606. The van der Waals surface area contributed by atoms with Crippen molar-refractivity contribution in [2.75, 3.05) is 26.2 Å². The normalized spacial score (nSPS) is 17.9. The zero-order chi connectivity index (χ0) is 12.3. The average molecular weight is 291 g/mol. The molecule has 1 N–H and O–H groups in total. The molecule has 2 nitrogen and oxygen atoms in total. The molecule has 1 aliphatic heterocycles. The van der Waals surface area contributed by atoms with Gasteiger partial charge in [0.25, 0.3) is 0 Å². The van der Waals surface area contributed by atoms with Gasteiger partial charge in [-0.2, -0.15) is 0 Å². The molecular weight excluding hydrogens is 274 g/mol. The molecule has 18 heavy (non-hydrogen) atoms. The first kappa shape index (κ1) is 15.4. The van der Waals surface area contributed by atoms with Crippen LogP contribution in [0.25, 0.3) is 0 Å². The molecule has 1 aromatic carbocycles. The van der Waals surface area contributed by atoms with Gasteiger partial charge in [-0.3, -0.25) is 4.90 Å². The maximum atomic E-state index is 14.0. The molecule has 0 aromatic heterocycles. The Morgan fingerprint density at radius 1 is 1.39 bits per heavy atom. The molecule has 0 aliphatic carbocycles. The number of hydrogen-bond acceptors (Lipinski definition) is 2. The molecule has 0 saturated carbocycles. The van der Waals surface area contributed by atoms with E-state index in [1.54, 1.807) is 24.3 Å². The van der Waals surface area contributed by atoms with E-state index in [0.29, 0.717) is 5.56 Å². The Labute approximate surface area is 118 Å². The minimum atomic E-state index is -0.336. The van der Waals surface area contributed by atoms with Crippen LogP contribution in [0.1, 0.15) is 11.6 Å². The predicted molar refractivity (Wildman–Crippen MR) is 76.0 cm³/mol. The third-order valence-electron chi connectivity index (χ3n) is 3.07. The molecule has 1 heterocycles. The van der Waals surface area contributed by atoms with E-state index < -0.39 is 0 Å². The standard InChI is InChI=1S/C13H16ClFN2.ClH/c1-2-12(17-8-6-16-7-9-17)10-4-3-5-11(14)13(10)15;/h2-5,12,16H,1,6-9H2;1H/t12-;/m1./s1. The molecule has 2 rings (SSSR count). The molecule has 1 aliphatic rings. The first-order valence-electron chi connectivity index (χ1n) is 5.75. The van der Waals surface area contributed by atoms with Crippen LogP contribution in [0.2, 0.25) is 5.02 Å². The first-order valence-corrected chi connectivity index (χ1v) is 6.13. The molecule has 1 aromatic rings. The number of halogens is 3. The highest BCUT2D eigenvalue weighted by atomic mass is 35.5. The lowest BCUT2D eigenvalue weighted by molar-refractivity contribution is 0.200. The Balaban J connectivity index is 0.00000162. The zero-order valence-electron chi connectivity index (χ0n) is 10.0. The number of nitrogens with one attached hydrogen (secondary N) is 1. The molecule has 100 valence electrons. The highest BCUT2D eigenvalue weighted by Crippen LogP contribution is 2.28. The van der Waals surface area contributed by atoms with Gasteiger partial charge >= 0.3 is 0 Å². The van der Waals surface area contributed by atoms with Crippen LogP contribution in [0.5, 0.6) is 0 Å². The molecule has 0 amide bonds. The number of piperazine rings is 1. The van der Waals surface area contributed by atoms with Crippen LogP contribution in [0, 0.1) is 5.82 Å². The van der Waals surface area contributed by atoms with Gasteiger partial charge in [0.2, 0.25) is 0 Å². The second-order valence-electron chi connectivity index (χ2n) is 4.11. The molecular formula is C13H17Cl2FN2. The molecule has 1 saturated heterocycles. The van der Waals surface area contributed by atoms with Crippen LogP contribution in [-0.2, 0) is 0 Å². The van der Waals surface area contributed by atoms with E-state index in [4.69, 9.17) is 11.6 Å². The fourth-order valence-corrected chi connectivity index (χ4v) is 2.36. The second-order valence-corrected chi connectivity index (χ2v) is 4.52. The smallest absolute Gasteiger partial charge is 0.146 e. The van der Waals surface area contributed by atoms with Crippen LogP contribution in [0.4, 0.5) is 4.39 Å². The first-order chi connectivity index (χ1) is 8.24. The van der Waals surface area contributed by atoms with Crippen molar-refractivity contribution in [1.29, 1.82) is 0 Å². The Morgan fingerprint density at radius 2 is 2.06 bits per heavy atom. The molecule has 1 atom stereocenters. The predicted octanol–water partition coefficient (Wildman–Crippen LogP) is 3.03. The van der Waals surface area contributed by atoms with Crippen molar-refractivity contribution in [3.05, 3.63) is 47.3 Å². The maximum Gasteiger partial charge on any atom is 0.146 e. The van der Waals surface area contributed by atoms with E-state index >= 15 is 0 Å². The van der Waals surface area contributed by atoms with E-state index in [-0.39, 0.29) is 29.3 Å². The summed E-state index contributed by atoms with van der Waals surface area (Å²) in [4.78, 5) is 2.21. The van der Waals surface area contributed by atoms with Crippen LogP contribution in [0.15, 0.2) is 30.9 Å². The Hall–Kier alpha value is -0.610. The van der Waals surface area contributed by atoms with Crippen LogP contribution >= 0.6 is 24.0 Å². The monoisotopic (exact) mass is 290 g/mol. The van der Waals surface area contributed by atoms with Gasteiger partial charge in [0.15, 0.2) is 0 Å². The van der Waals surface area contributed by atoms with E-state index in [9.17, 15) is 4.39 Å². The maximum absolute atomic E-state index is 14.0. The van der Waals surface area contributed by atoms with Crippen LogP contribution in [0.3, 0.4) is 0 Å². The fourth-order valence-electron chi connectivity index (χ4n) is 2.18.